The normalized spacial score (nSPS) is 12.1. The van der Waals surface area contributed by atoms with Gasteiger partial charge in [-0.15, -0.1) is 0 Å². The molecule has 0 aliphatic carbocycles. The molecule has 0 atom stereocenters. The Morgan fingerprint density at radius 1 is 0.864 bits per heavy atom. The van der Waals surface area contributed by atoms with Gasteiger partial charge in [0, 0.05) is 4.47 Å². The van der Waals surface area contributed by atoms with Crippen LogP contribution in [0.3, 0.4) is 0 Å². The highest BCUT2D eigenvalue weighted by Gasteiger charge is 2.27. The third-order valence-electron chi connectivity index (χ3n) is 2.51. The highest BCUT2D eigenvalue weighted by Crippen LogP contribution is 2.39. The Balaban J connectivity index is 2.61. The zero-order valence-corrected chi connectivity index (χ0v) is 15.4. The van der Waals surface area contributed by atoms with E-state index >= 15 is 0 Å². The van der Waals surface area contributed by atoms with E-state index in [9.17, 15) is 21.4 Å². The fraction of sp³-hybridized carbons (Fsp3) is 0. The number of benzene rings is 2. The summed E-state index contributed by atoms with van der Waals surface area (Å²) in [6.07, 6.45) is 0. The molecule has 0 aromatic heterocycles. The van der Waals surface area contributed by atoms with Crippen molar-refractivity contribution < 1.29 is 25.6 Å². The first-order valence-electron chi connectivity index (χ1n) is 5.56. The van der Waals surface area contributed by atoms with Crippen LogP contribution in [0.1, 0.15) is 0 Å². The molecule has 2 rings (SSSR count). The van der Waals surface area contributed by atoms with Gasteiger partial charge in [-0.1, -0.05) is 22.8 Å². The fourth-order valence-corrected chi connectivity index (χ4v) is 4.15. The van der Waals surface area contributed by atoms with Gasteiger partial charge in [-0.3, -0.25) is 0 Å². The third kappa shape index (κ3) is 3.69. The minimum Gasteiger partial charge on any atom is -0.376 e. The van der Waals surface area contributed by atoms with Crippen molar-refractivity contribution in [2.45, 2.75) is 9.79 Å². The van der Waals surface area contributed by atoms with E-state index in [-0.39, 0.29) is 9.37 Å². The second-order valence-electron chi connectivity index (χ2n) is 3.99. The molecule has 0 aliphatic rings. The summed E-state index contributed by atoms with van der Waals surface area (Å²) in [6, 6.07) is 9.40. The number of halogens is 2. The van der Waals surface area contributed by atoms with Crippen molar-refractivity contribution in [1.29, 1.82) is 0 Å². The van der Waals surface area contributed by atoms with Crippen LogP contribution in [0.2, 0.25) is 0 Å². The van der Waals surface area contributed by atoms with Crippen molar-refractivity contribution in [3.63, 3.8) is 0 Å². The molecule has 0 unspecified atom stereocenters. The van der Waals surface area contributed by atoms with Gasteiger partial charge in [-0.2, -0.15) is 16.8 Å². The van der Waals surface area contributed by atoms with Crippen molar-refractivity contribution in [3.8, 4) is 5.75 Å². The second-order valence-corrected chi connectivity index (χ2v) is 8.53. The van der Waals surface area contributed by atoms with Crippen LogP contribution in [0.5, 0.6) is 5.75 Å². The van der Waals surface area contributed by atoms with Gasteiger partial charge in [-0.25, -0.2) is 0 Å². The van der Waals surface area contributed by atoms with Crippen molar-refractivity contribution in [1.82, 2.24) is 0 Å². The molecule has 2 aromatic rings. The monoisotopic (exact) mass is 469 g/mol. The average Bonchev–Trinajstić information content (AvgIpc) is 2.43. The molecule has 10 heteroatoms. The molecule has 2 aromatic carbocycles. The van der Waals surface area contributed by atoms with Crippen LogP contribution >= 0.6 is 31.9 Å². The summed E-state index contributed by atoms with van der Waals surface area (Å²) >= 11 is 6.10. The van der Waals surface area contributed by atoms with Crippen molar-refractivity contribution in [2.24, 2.45) is 0 Å². The van der Waals surface area contributed by atoms with E-state index in [0.717, 1.165) is 6.07 Å². The van der Waals surface area contributed by atoms with Crippen LogP contribution in [0.25, 0.3) is 0 Å². The number of hydrogen-bond acceptors (Lipinski definition) is 5. The molecule has 0 bridgehead atoms. The lowest BCUT2D eigenvalue weighted by atomic mass is 10.3. The smallest absolute Gasteiger partial charge is 0.339 e. The van der Waals surface area contributed by atoms with E-state index in [1.54, 1.807) is 6.07 Å². The number of rotatable bonds is 4. The fourth-order valence-electron chi connectivity index (χ4n) is 1.53. The summed E-state index contributed by atoms with van der Waals surface area (Å²) in [5, 5.41) is 0. The molecule has 1 radical (unpaired) electrons. The van der Waals surface area contributed by atoms with Gasteiger partial charge >= 0.3 is 20.2 Å². The molecule has 0 saturated heterocycles. The van der Waals surface area contributed by atoms with Gasteiger partial charge in [-0.05, 0) is 56.1 Å². The predicted molar refractivity (Wildman–Crippen MR) is 84.0 cm³/mol. The Hall–Kier alpha value is -0.940. The van der Waals surface area contributed by atoms with E-state index in [1.165, 1.54) is 30.3 Å². The van der Waals surface area contributed by atoms with E-state index in [0.29, 0.717) is 4.47 Å². The molecule has 0 spiro atoms. The lowest BCUT2D eigenvalue weighted by Crippen LogP contribution is -2.12. The standard InChI is InChI=1S/C12H7Br2O6S2/c13-9-6-7-10(21(15,16)17)12(11(9)14)20-22(18,19)8-4-2-1-3-5-8/h1-7H. The summed E-state index contributed by atoms with van der Waals surface area (Å²) in [4.78, 5) is -0.946. The molecule has 0 amide bonds. The molecule has 22 heavy (non-hydrogen) atoms. The third-order valence-corrected chi connectivity index (χ3v) is 6.58. The molecular formula is C12H7Br2O6S2. The van der Waals surface area contributed by atoms with Gasteiger partial charge in [0.25, 0.3) is 0 Å². The van der Waals surface area contributed by atoms with Gasteiger partial charge in [0.1, 0.15) is 9.79 Å². The van der Waals surface area contributed by atoms with Crippen LogP contribution in [-0.4, -0.2) is 16.8 Å². The largest absolute Gasteiger partial charge is 0.376 e. The second kappa shape index (κ2) is 6.28. The van der Waals surface area contributed by atoms with Gasteiger partial charge in [0.05, 0.1) is 4.47 Å². The van der Waals surface area contributed by atoms with Gasteiger partial charge < -0.3 is 4.18 Å². The molecule has 0 saturated carbocycles. The van der Waals surface area contributed by atoms with Crippen LogP contribution in [0.15, 0.2) is 61.2 Å². The lowest BCUT2D eigenvalue weighted by Gasteiger charge is -2.12. The van der Waals surface area contributed by atoms with E-state index in [1.807, 2.05) is 0 Å². The van der Waals surface area contributed by atoms with E-state index < -0.39 is 30.9 Å². The Kier molecular flexibility index (Phi) is 4.97. The van der Waals surface area contributed by atoms with E-state index in [4.69, 9.17) is 4.18 Å². The first kappa shape index (κ1) is 17.4. The minimum absolute atomic E-state index is 0.00364. The topological polar surface area (TPSA) is 97.4 Å². The molecular weight excluding hydrogens is 464 g/mol. The van der Waals surface area contributed by atoms with Crippen LogP contribution in [0, 0.1) is 0 Å². The summed E-state index contributed by atoms with van der Waals surface area (Å²) in [5.74, 6) is -0.590. The molecule has 0 N–H and O–H groups in total. The van der Waals surface area contributed by atoms with E-state index in [2.05, 4.69) is 31.9 Å². The van der Waals surface area contributed by atoms with Gasteiger partial charge in [0.15, 0.2) is 5.75 Å². The summed E-state index contributed by atoms with van der Waals surface area (Å²) < 4.78 is 63.4. The molecule has 0 aliphatic heterocycles. The van der Waals surface area contributed by atoms with Crippen molar-refractivity contribution in [2.75, 3.05) is 0 Å². The summed E-state index contributed by atoms with van der Waals surface area (Å²) in [7, 11) is -9.21. The zero-order valence-electron chi connectivity index (χ0n) is 10.6. The maximum atomic E-state index is 12.2. The zero-order chi connectivity index (χ0) is 16.5. The van der Waals surface area contributed by atoms with Crippen molar-refractivity contribution >= 4 is 52.1 Å². The minimum atomic E-state index is -4.92. The molecule has 0 fully saturated rings. The maximum absolute atomic E-state index is 12.2. The van der Waals surface area contributed by atoms with Crippen LogP contribution < -0.4 is 4.18 Å². The molecule has 117 valence electrons. The Morgan fingerprint density at radius 3 is 2.00 bits per heavy atom. The summed E-state index contributed by atoms with van der Waals surface area (Å²) in [5.41, 5.74) is 0. The lowest BCUT2D eigenvalue weighted by molar-refractivity contribution is 0.409. The van der Waals surface area contributed by atoms with Gasteiger partial charge in [0.2, 0.25) is 0 Å². The first-order valence-corrected chi connectivity index (χ1v) is 9.96. The summed E-state index contributed by atoms with van der Waals surface area (Å²) in [6.45, 7) is 0. The SMILES string of the molecule is [O]S(=O)(=O)c1ccc(Br)c(Br)c1OS(=O)(=O)c1ccccc1. The highest BCUT2D eigenvalue weighted by atomic mass is 79.9. The Morgan fingerprint density at radius 2 is 1.45 bits per heavy atom. The first-order chi connectivity index (χ1) is 10.1. The Bertz CT molecular complexity index is 908. The Labute approximate surface area is 144 Å². The van der Waals surface area contributed by atoms with Crippen LogP contribution in [-0.2, 0) is 24.8 Å². The molecule has 6 nitrogen and oxygen atoms in total. The number of hydrogen-bond donors (Lipinski definition) is 0. The average molecular weight is 471 g/mol. The highest BCUT2D eigenvalue weighted by molar-refractivity contribution is 9.13. The molecule has 0 heterocycles. The van der Waals surface area contributed by atoms with Crippen molar-refractivity contribution in [3.05, 3.63) is 51.4 Å². The predicted octanol–water partition coefficient (Wildman–Crippen LogP) is 3.10. The van der Waals surface area contributed by atoms with Crippen LogP contribution in [0.4, 0.5) is 0 Å². The quantitative estimate of drug-likeness (QED) is 0.639. The maximum Gasteiger partial charge on any atom is 0.339 e.